The molecule has 3 rings (SSSR count). The monoisotopic (exact) mass is 464 g/mol. The summed E-state index contributed by atoms with van der Waals surface area (Å²) in [5.41, 5.74) is 2.22. The van der Waals surface area contributed by atoms with Gasteiger partial charge in [0.15, 0.2) is 0 Å². The molecule has 0 aliphatic heterocycles. The third-order valence-electron chi connectivity index (χ3n) is 3.80. The van der Waals surface area contributed by atoms with E-state index in [4.69, 9.17) is 11.6 Å². The highest BCUT2D eigenvalue weighted by molar-refractivity contribution is 7.92. The molecule has 11 heteroatoms. The van der Waals surface area contributed by atoms with Crippen molar-refractivity contribution in [3.8, 4) is 0 Å². The van der Waals surface area contributed by atoms with Gasteiger partial charge in [0.1, 0.15) is 4.21 Å². The fraction of sp³-hybridized carbons (Fsp3) is 0.0526. The van der Waals surface area contributed by atoms with Crippen molar-refractivity contribution < 1.29 is 18.0 Å². The van der Waals surface area contributed by atoms with Gasteiger partial charge in [-0.1, -0.05) is 29.8 Å². The summed E-state index contributed by atoms with van der Waals surface area (Å²) in [6, 6.07) is 15.1. The number of hydrogen-bond donors (Lipinski definition) is 4. The second-order valence-corrected chi connectivity index (χ2v) is 9.72. The van der Waals surface area contributed by atoms with Crippen molar-refractivity contribution in [2.75, 3.05) is 16.0 Å². The van der Waals surface area contributed by atoms with Gasteiger partial charge < -0.3 is 16.0 Å². The minimum absolute atomic E-state index is 0.0668. The standard InChI is InChI=1S/C19H17ClN4O4S2/c1-12-11-14(22-19(26)24-30(27,28)17-10-9-16(20)29-17)7-8-15(12)23-18(25)21-13-5-3-2-4-6-13/h2-11H,1H3,(H2,21,23,25)(H2,22,24,26). The first kappa shape index (κ1) is 21.6. The Labute approximate surface area is 182 Å². The molecule has 0 atom stereocenters. The van der Waals surface area contributed by atoms with Gasteiger partial charge in [-0.25, -0.2) is 22.7 Å². The van der Waals surface area contributed by atoms with Gasteiger partial charge >= 0.3 is 12.1 Å². The molecule has 0 unspecified atom stereocenters. The highest BCUT2D eigenvalue weighted by atomic mass is 35.5. The average Bonchev–Trinajstić information content (AvgIpc) is 3.12. The van der Waals surface area contributed by atoms with E-state index in [0.717, 1.165) is 11.3 Å². The van der Waals surface area contributed by atoms with Crippen LogP contribution in [0.3, 0.4) is 0 Å². The zero-order valence-electron chi connectivity index (χ0n) is 15.6. The molecule has 4 amide bonds. The molecule has 8 nitrogen and oxygen atoms in total. The Morgan fingerprint density at radius 2 is 1.57 bits per heavy atom. The number of sulfonamides is 1. The van der Waals surface area contributed by atoms with Crippen molar-refractivity contribution in [2.24, 2.45) is 0 Å². The molecule has 30 heavy (non-hydrogen) atoms. The summed E-state index contributed by atoms with van der Waals surface area (Å²) >= 11 is 6.58. The third kappa shape index (κ3) is 5.72. The Morgan fingerprint density at radius 1 is 0.867 bits per heavy atom. The van der Waals surface area contributed by atoms with Gasteiger partial charge in [-0.2, -0.15) is 0 Å². The number of anilines is 3. The number of halogens is 1. The maximum Gasteiger partial charge on any atom is 0.333 e. The molecule has 0 aliphatic rings. The number of amides is 4. The quantitative estimate of drug-likeness (QED) is 0.431. The first-order chi connectivity index (χ1) is 14.2. The number of rotatable bonds is 5. The van der Waals surface area contributed by atoms with Crippen molar-refractivity contribution >= 4 is 62.1 Å². The van der Waals surface area contributed by atoms with Crippen molar-refractivity contribution in [3.05, 3.63) is 70.6 Å². The predicted molar refractivity (Wildman–Crippen MR) is 119 cm³/mol. The van der Waals surface area contributed by atoms with Crippen LogP contribution in [-0.2, 0) is 10.0 Å². The lowest BCUT2D eigenvalue weighted by atomic mass is 10.2. The fourth-order valence-electron chi connectivity index (χ4n) is 2.46. The van der Waals surface area contributed by atoms with E-state index < -0.39 is 22.1 Å². The van der Waals surface area contributed by atoms with Crippen LogP contribution in [0.5, 0.6) is 0 Å². The van der Waals surface area contributed by atoms with Crippen LogP contribution in [-0.4, -0.2) is 20.5 Å². The minimum Gasteiger partial charge on any atom is -0.308 e. The van der Waals surface area contributed by atoms with Crippen LogP contribution < -0.4 is 20.7 Å². The normalized spacial score (nSPS) is 10.9. The highest BCUT2D eigenvalue weighted by Gasteiger charge is 2.20. The van der Waals surface area contributed by atoms with Crippen LogP contribution in [0.1, 0.15) is 5.56 Å². The predicted octanol–water partition coefficient (Wildman–Crippen LogP) is 4.86. The number of urea groups is 2. The number of carbonyl (C=O) groups excluding carboxylic acids is 2. The summed E-state index contributed by atoms with van der Waals surface area (Å²) in [5.74, 6) is 0. The zero-order chi connectivity index (χ0) is 21.7. The molecule has 0 radical (unpaired) electrons. The molecule has 4 N–H and O–H groups in total. The first-order valence-electron chi connectivity index (χ1n) is 8.56. The van der Waals surface area contributed by atoms with E-state index in [2.05, 4.69) is 16.0 Å². The fourth-order valence-corrected chi connectivity index (χ4v) is 4.85. The molecule has 156 valence electrons. The van der Waals surface area contributed by atoms with Crippen molar-refractivity contribution in [1.82, 2.24) is 4.72 Å². The minimum atomic E-state index is -4.02. The highest BCUT2D eigenvalue weighted by Crippen LogP contribution is 2.25. The van der Waals surface area contributed by atoms with E-state index in [-0.39, 0.29) is 4.21 Å². The van der Waals surface area contributed by atoms with Crippen LogP contribution >= 0.6 is 22.9 Å². The van der Waals surface area contributed by atoms with E-state index in [1.165, 1.54) is 12.1 Å². The lowest BCUT2D eigenvalue weighted by Crippen LogP contribution is -2.34. The molecule has 0 saturated heterocycles. The lowest BCUT2D eigenvalue weighted by Gasteiger charge is -2.12. The van der Waals surface area contributed by atoms with Crippen molar-refractivity contribution in [1.29, 1.82) is 0 Å². The molecule has 1 heterocycles. The van der Waals surface area contributed by atoms with E-state index in [9.17, 15) is 18.0 Å². The maximum absolute atomic E-state index is 12.2. The van der Waals surface area contributed by atoms with Gasteiger partial charge in [-0.15, -0.1) is 11.3 Å². The van der Waals surface area contributed by atoms with Crippen molar-refractivity contribution in [3.63, 3.8) is 0 Å². The number of nitrogens with one attached hydrogen (secondary N) is 4. The molecular formula is C19H17ClN4O4S2. The van der Waals surface area contributed by atoms with E-state index >= 15 is 0 Å². The van der Waals surface area contributed by atoms with Gasteiger partial charge in [0, 0.05) is 17.1 Å². The SMILES string of the molecule is Cc1cc(NC(=O)NS(=O)(=O)c2ccc(Cl)s2)ccc1NC(=O)Nc1ccccc1. The Kier molecular flexibility index (Phi) is 6.60. The smallest absolute Gasteiger partial charge is 0.308 e. The summed E-state index contributed by atoms with van der Waals surface area (Å²) in [7, 11) is -4.02. The first-order valence-corrected chi connectivity index (χ1v) is 11.2. The van der Waals surface area contributed by atoms with Gasteiger partial charge in [0.05, 0.1) is 4.34 Å². The van der Waals surface area contributed by atoms with Gasteiger partial charge in [-0.05, 0) is 55.0 Å². The Hall–Kier alpha value is -3.08. The summed E-state index contributed by atoms with van der Waals surface area (Å²) < 4.78 is 26.5. The van der Waals surface area contributed by atoms with Crippen LogP contribution in [0, 0.1) is 6.92 Å². The maximum atomic E-state index is 12.2. The molecule has 0 fully saturated rings. The van der Waals surface area contributed by atoms with Gasteiger partial charge in [0.2, 0.25) is 0 Å². The van der Waals surface area contributed by atoms with Crippen LogP contribution in [0.2, 0.25) is 4.34 Å². The zero-order valence-corrected chi connectivity index (χ0v) is 18.0. The Bertz CT molecular complexity index is 1180. The second-order valence-electron chi connectivity index (χ2n) is 6.09. The molecule has 3 aromatic rings. The third-order valence-corrected chi connectivity index (χ3v) is 6.86. The molecule has 0 bridgehead atoms. The molecule has 0 saturated carbocycles. The molecular weight excluding hydrogens is 448 g/mol. The summed E-state index contributed by atoms with van der Waals surface area (Å²) in [4.78, 5) is 24.2. The van der Waals surface area contributed by atoms with Crippen LogP contribution in [0.4, 0.5) is 26.7 Å². The molecule has 1 aromatic heterocycles. The number of para-hydroxylation sites is 1. The molecule has 2 aromatic carbocycles. The van der Waals surface area contributed by atoms with Crippen molar-refractivity contribution in [2.45, 2.75) is 11.1 Å². The summed E-state index contributed by atoms with van der Waals surface area (Å²) in [6.45, 7) is 1.74. The molecule has 0 spiro atoms. The van der Waals surface area contributed by atoms with E-state index in [1.807, 2.05) is 10.8 Å². The van der Waals surface area contributed by atoms with E-state index in [0.29, 0.717) is 27.0 Å². The Morgan fingerprint density at radius 3 is 2.20 bits per heavy atom. The number of hydrogen-bond acceptors (Lipinski definition) is 5. The van der Waals surface area contributed by atoms with E-state index in [1.54, 1.807) is 49.4 Å². The average molecular weight is 465 g/mol. The number of carbonyl (C=O) groups is 2. The van der Waals surface area contributed by atoms with Gasteiger partial charge in [0.25, 0.3) is 10.0 Å². The number of benzene rings is 2. The van der Waals surface area contributed by atoms with Crippen LogP contribution in [0.15, 0.2) is 64.9 Å². The number of aryl methyl sites for hydroxylation is 1. The molecule has 0 aliphatic carbocycles. The lowest BCUT2D eigenvalue weighted by molar-refractivity contribution is 0.256. The summed E-state index contributed by atoms with van der Waals surface area (Å²) in [5, 5.41) is 7.87. The number of thiophene rings is 1. The largest absolute Gasteiger partial charge is 0.333 e. The summed E-state index contributed by atoms with van der Waals surface area (Å²) in [6.07, 6.45) is 0. The second kappa shape index (κ2) is 9.16. The Balaban J connectivity index is 1.60. The van der Waals surface area contributed by atoms with Crippen LogP contribution in [0.25, 0.3) is 0 Å². The topological polar surface area (TPSA) is 116 Å². The van der Waals surface area contributed by atoms with Gasteiger partial charge in [-0.3, -0.25) is 0 Å².